The molecule has 0 aliphatic rings. The minimum Gasteiger partial charge on any atom is -0.497 e. The fourth-order valence-corrected chi connectivity index (χ4v) is 3.97. The number of rotatable bonds is 10. The van der Waals surface area contributed by atoms with Crippen LogP contribution in [0.2, 0.25) is 0 Å². The molecule has 0 aromatic heterocycles. The molecule has 180 valence electrons. The standard InChI is InChI=1S/C22H27F2N3O5S/c1-5-25-22(29)15(2)26(13-16-7-6-8-18(11-16)32-3)21(28)14-27(33(4,30)31)17-9-10-19(23)20(24)12-17/h6-12,15H,5,13-14H2,1-4H3,(H,25,29). The van der Waals surface area contributed by atoms with E-state index in [0.717, 1.165) is 18.4 Å². The topological polar surface area (TPSA) is 96.0 Å². The van der Waals surface area contributed by atoms with Crippen molar-refractivity contribution in [1.82, 2.24) is 10.2 Å². The molecule has 0 radical (unpaired) electrons. The van der Waals surface area contributed by atoms with Gasteiger partial charge in [0.15, 0.2) is 11.6 Å². The van der Waals surface area contributed by atoms with E-state index in [9.17, 15) is 26.8 Å². The third-order valence-corrected chi connectivity index (χ3v) is 6.02. The lowest BCUT2D eigenvalue weighted by atomic mass is 10.1. The van der Waals surface area contributed by atoms with E-state index in [0.29, 0.717) is 28.2 Å². The number of hydrogen-bond acceptors (Lipinski definition) is 5. The van der Waals surface area contributed by atoms with Gasteiger partial charge < -0.3 is 15.0 Å². The Morgan fingerprint density at radius 1 is 1.12 bits per heavy atom. The molecule has 1 unspecified atom stereocenters. The minimum absolute atomic E-state index is 0.0102. The van der Waals surface area contributed by atoms with Crippen molar-refractivity contribution >= 4 is 27.5 Å². The zero-order valence-electron chi connectivity index (χ0n) is 18.8. The summed E-state index contributed by atoms with van der Waals surface area (Å²) in [6.45, 7) is 2.87. The first-order valence-corrected chi connectivity index (χ1v) is 12.0. The van der Waals surface area contributed by atoms with Crippen LogP contribution in [0.5, 0.6) is 5.75 Å². The van der Waals surface area contributed by atoms with Gasteiger partial charge in [-0.1, -0.05) is 12.1 Å². The molecule has 11 heteroatoms. The van der Waals surface area contributed by atoms with Crippen LogP contribution >= 0.6 is 0 Å². The average molecular weight is 484 g/mol. The van der Waals surface area contributed by atoms with Gasteiger partial charge in [0.2, 0.25) is 21.8 Å². The van der Waals surface area contributed by atoms with Crippen LogP contribution in [0.25, 0.3) is 0 Å². The zero-order valence-corrected chi connectivity index (χ0v) is 19.7. The molecule has 0 saturated carbocycles. The molecule has 0 spiro atoms. The Bertz CT molecular complexity index is 1110. The Morgan fingerprint density at radius 3 is 2.39 bits per heavy atom. The number of amides is 2. The highest BCUT2D eigenvalue weighted by Crippen LogP contribution is 2.22. The number of methoxy groups -OCH3 is 1. The van der Waals surface area contributed by atoms with Crippen LogP contribution in [0.15, 0.2) is 42.5 Å². The third-order valence-electron chi connectivity index (χ3n) is 4.88. The van der Waals surface area contributed by atoms with Crippen LogP contribution in [-0.2, 0) is 26.2 Å². The molecule has 2 aromatic rings. The predicted molar refractivity (Wildman–Crippen MR) is 120 cm³/mol. The molecule has 0 bridgehead atoms. The van der Waals surface area contributed by atoms with Gasteiger partial charge in [-0.25, -0.2) is 17.2 Å². The largest absolute Gasteiger partial charge is 0.497 e. The summed E-state index contributed by atoms with van der Waals surface area (Å²) in [6.07, 6.45) is 0.848. The van der Waals surface area contributed by atoms with E-state index in [2.05, 4.69) is 5.32 Å². The first kappa shape index (κ1) is 26.0. The van der Waals surface area contributed by atoms with Gasteiger partial charge in [0.1, 0.15) is 18.3 Å². The second-order valence-corrected chi connectivity index (χ2v) is 9.22. The molecule has 0 aliphatic heterocycles. The molecule has 1 N–H and O–H groups in total. The number of nitrogens with one attached hydrogen (secondary N) is 1. The Balaban J connectivity index is 2.41. The lowest BCUT2D eigenvalue weighted by Gasteiger charge is -2.31. The van der Waals surface area contributed by atoms with Crippen LogP contribution in [0.1, 0.15) is 19.4 Å². The fourth-order valence-electron chi connectivity index (χ4n) is 3.13. The van der Waals surface area contributed by atoms with Gasteiger partial charge in [-0.15, -0.1) is 0 Å². The molecule has 0 aliphatic carbocycles. The van der Waals surface area contributed by atoms with E-state index >= 15 is 0 Å². The summed E-state index contributed by atoms with van der Waals surface area (Å²) < 4.78 is 57.7. The summed E-state index contributed by atoms with van der Waals surface area (Å²) in [7, 11) is -2.55. The van der Waals surface area contributed by atoms with Gasteiger partial charge in [-0.3, -0.25) is 13.9 Å². The molecular weight excluding hydrogens is 456 g/mol. The second kappa shape index (κ2) is 11.1. The fraction of sp³-hybridized carbons (Fsp3) is 0.364. The van der Waals surface area contributed by atoms with Gasteiger partial charge in [-0.2, -0.15) is 0 Å². The number of sulfonamides is 1. The first-order valence-electron chi connectivity index (χ1n) is 10.1. The lowest BCUT2D eigenvalue weighted by Crippen LogP contribution is -2.51. The highest BCUT2D eigenvalue weighted by atomic mass is 32.2. The molecule has 2 aromatic carbocycles. The van der Waals surface area contributed by atoms with Gasteiger partial charge in [-0.05, 0) is 43.7 Å². The van der Waals surface area contributed by atoms with Crippen molar-refractivity contribution in [3.05, 3.63) is 59.7 Å². The molecular formula is C22H27F2N3O5S. The summed E-state index contributed by atoms with van der Waals surface area (Å²) >= 11 is 0. The van der Waals surface area contributed by atoms with E-state index in [1.807, 2.05) is 0 Å². The van der Waals surface area contributed by atoms with Crippen molar-refractivity contribution in [3.63, 3.8) is 0 Å². The highest BCUT2D eigenvalue weighted by molar-refractivity contribution is 7.92. The minimum atomic E-state index is -4.04. The predicted octanol–water partition coefficient (Wildman–Crippen LogP) is 2.29. The van der Waals surface area contributed by atoms with E-state index in [1.165, 1.54) is 18.9 Å². The maximum Gasteiger partial charge on any atom is 0.244 e. The Labute approximate surface area is 192 Å². The van der Waals surface area contributed by atoms with Crippen molar-refractivity contribution in [2.45, 2.75) is 26.4 Å². The number of halogens is 2. The number of benzene rings is 2. The van der Waals surface area contributed by atoms with Crippen molar-refractivity contribution in [2.24, 2.45) is 0 Å². The van der Waals surface area contributed by atoms with Crippen molar-refractivity contribution in [3.8, 4) is 5.75 Å². The summed E-state index contributed by atoms with van der Waals surface area (Å²) in [5, 5.41) is 2.64. The van der Waals surface area contributed by atoms with Gasteiger partial charge >= 0.3 is 0 Å². The van der Waals surface area contributed by atoms with E-state index in [1.54, 1.807) is 31.2 Å². The third kappa shape index (κ3) is 6.88. The van der Waals surface area contributed by atoms with Crippen LogP contribution < -0.4 is 14.4 Å². The maximum atomic E-state index is 13.7. The van der Waals surface area contributed by atoms with Gasteiger partial charge in [0.05, 0.1) is 19.1 Å². The van der Waals surface area contributed by atoms with Crippen LogP contribution in [0, 0.1) is 11.6 Å². The van der Waals surface area contributed by atoms with Crippen LogP contribution in [0.4, 0.5) is 14.5 Å². The van der Waals surface area contributed by atoms with Gasteiger partial charge in [0.25, 0.3) is 0 Å². The number of carbonyl (C=O) groups excluding carboxylic acids is 2. The maximum absolute atomic E-state index is 13.7. The molecule has 8 nitrogen and oxygen atoms in total. The van der Waals surface area contributed by atoms with Gasteiger partial charge in [0, 0.05) is 19.2 Å². The smallest absolute Gasteiger partial charge is 0.244 e. The normalized spacial score (nSPS) is 12.1. The monoisotopic (exact) mass is 483 g/mol. The summed E-state index contributed by atoms with van der Waals surface area (Å²) in [5.74, 6) is -2.98. The SMILES string of the molecule is CCNC(=O)C(C)N(Cc1cccc(OC)c1)C(=O)CN(c1ccc(F)c(F)c1)S(C)(=O)=O. The molecule has 1 atom stereocenters. The van der Waals surface area contributed by atoms with Crippen LogP contribution in [0.3, 0.4) is 0 Å². The summed E-state index contributed by atoms with van der Waals surface area (Å²) in [5.41, 5.74) is 0.439. The number of ether oxygens (including phenoxy) is 1. The summed E-state index contributed by atoms with van der Waals surface area (Å²) in [4.78, 5) is 27.0. The Morgan fingerprint density at radius 2 is 1.82 bits per heavy atom. The number of hydrogen-bond donors (Lipinski definition) is 1. The van der Waals surface area contributed by atoms with Crippen molar-refractivity contribution in [1.29, 1.82) is 0 Å². The number of anilines is 1. The van der Waals surface area contributed by atoms with E-state index in [4.69, 9.17) is 4.74 Å². The molecule has 0 fully saturated rings. The van der Waals surface area contributed by atoms with Crippen molar-refractivity contribution in [2.75, 3.05) is 30.8 Å². The zero-order chi connectivity index (χ0) is 24.8. The Hall–Kier alpha value is -3.21. The van der Waals surface area contributed by atoms with E-state index < -0.39 is 46.1 Å². The highest BCUT2D eigenvalue weighted by Gasteiger charge is 2.30. The molecule has 0 saturated heterocycles. The Kier molecular flexibility index (Phi) is 8.75. The number of carbonyl (C=O) groups is 2. The molecule has 2 amide bonds. The number of likely N-dealkylation sites (N-methyl/N-ethyl adjacent to an activating group) is 1. The van der Waals surface area contributed by atoms with E-state index in [-0.39, 0.29) is 12.2 Å². The summed E-state index contributed by atoms with van der Waals surface area (Å²) in [6, 6.07) is 8.46. The average Bonchev–Trinajstić information content (AvgIpc) is 2.76. The van der Waals surface area contributed by atoms with Crippen LogP contribution in [-0.4, -0.2) is 57.6 Å². The molecule has 2 rings (SSSR count). The number of nitrogens with zero attached hydrogens (tertiary/aromatic N) is 2. The molecule has 33 heavy (non-hydrogen) atoms. The second-order valence-electron chi connectivity index (χ2n) is 7.31. The first-order chi connectivity index (χ1) is 15.5. The quantitative estimate of drug-likeness (QED) is 0.560. The lowest BCUT2D eigenvalue weighted by molar-refractivity contribution is -0.139. The van der Waals surface area contributed by atoms with Crippen molar-refractivity contribution < 1.29 is 31.5 Å². The molecule has 0 heterocycles.